The highest BCUT2D eigenvalue weighted by Crippen LogP contribution is 2.32. The Hall–Kier alpha value is -3.52. The highest BCUT2D eigenvalue weighted by Gasteiger charge is 2.29. The predicted molar refractivity (Wildman–Crippen MR) is 125 cm³/mol. The third-order valence-electron chi connectivity index (χ3n) is 4.68. The molecule has 1 N–H and O–H groups in total. The molecule has 0 unspecified atom stereocenters. The number of methoxy groups -OCH3 is 1. The van der Waals surface area contributed by atoms with Crippen LogP contribution in [0.5, 0.6) is 11.5 Å². The lowest BCUT2D eigenvalue weighted by atomic mass is 10.2. The Labute approximate surface area is 188 Å². The van der Waals surface area contributed by atoms with Gasteiger partial charge in [-0.05, 0) is 50.2 Å². The zero-order valence-electron chi connectivity index (χ0n) is 18.2. The fraction of sp³-hybridized carbons (Fsp3) is 0.208. The SMILES string of the molecule is CCOc1cccc(NC(=O)CN(c2ccccc2OC)S(=O)(=O)c2ccc(C)cc2)c1. The topological polar surface area (TPSA) is 84.9 Å². The van der Waals surface area contributed by atoms with E-state index in [0.29, 0.717) is 23.8 Å². The van der Waals surface area contributed by atoms with Crippen LogP contribution in [0.2, 0.25) is 0 Å². The molecule has 0 heterocycles. The summed E-state index contributed by atoms with van der Waals surface area (Å²) in [4.78, 5) is 13.0. The van der Waals surface area contributed by atoms with Crippen LogP contribution in [0.25, 0.3) is 0 Å². The molecule has 168 valence electrons. The van der Waals surface area contributed by atoms with Crippen molar-refractivity contribution in [1.82, 2.24) is 0 Å². The van der Waals surface area contributed by atoms with Gasteiger partial charge in [-0.15, -0.1) is 0 Å². The lowest BCUT2D eigenvalue weighted by molar-refractivity contribution is -0.114. The van der Waals surface area contributed by atoms with E-state index in [2.05, 4.69) is 5.32 Å². The van der Waals surface area contributed by atoms with Gasteiger partial charge >= 0.3 is 0 Å². The smallest absolute Gasteiger partial charge is 0.264 e. The molecule has 0 aromatic heterocycles. The van der Waals surface area contributed by atoms with E-state index in [9.17, 15) is 13.2 Å². The normalized spacial score (nSPS) is 11.0. The van der Waals surface area contributed by atoms with Gasteiger partial charge in [-0.25, -0.2) is 8.42 Å². The van der Waals surface area contributed by atoms with E-state index in [-0.39, 0.29) is 10.6 Å². The Morgan fingerprint density at radius 1 is 1.00 bits per heavy atom. The van der Waals surface area contributed by atoms with Crippen LogP contribution in [-0.4, -0.2) is 34.6 Å². The number of para-hydroxylation sites is 2. The molecule has 0 saturated heterocycles. The summed E-state index contributed by atoms with van der Waals surface area (Å²) in [6.07, 6.45) is 0. The first-order chi connectivity index (χ1) is 15.3. The lowest BCUT2D eigenvalue weighted by Gasteiger charge is -2.25. The minimum absolute atomic E-state index is 0.0835. The number of nitrogens with one attached hydrogen (secondary N) is 1. The van der Waals surface area contributed by atoms with Gasteiger partial charge in [0.1, 0.15) is 18.0 Å². The molecule has 0 saturated carbocycles. The van der Waals surface area contributed by atoms with E-state index in [1.807, 2.05) is 13.8 Å². The maximum atomic E-state index is 13.5. The molecule has 3 aromatic carbocycles. The van der Waals surface area contributed by atoms with E-state index >= 15 is 0 Å². The summed E-state index contributed by atoms with van der Waals surface area (Å²) < 4.78 is 38.9. The van der Waals surface area contributed by atoms with Crippen LogP contribution in [0.4, 0.5) is 11.4 Å². The van der Waals surface area contributed by atoms with Crippen molar-refractivity contribution in [3.63, 3.8) is 0 Å². The first kappa shape index (κ1) is 23.1. The van der Waals surface area contributed by atoms with Gasteiger partial charge in [0.15, 0.2) is 0 Å². The molecule has 3 rings (SSSR count). The second-order valence-electron chi connectivity index (χ2n) is 7.01. The Balaban J connectivity index is 1.95. The highest BCUT2D eigenvalue weighted by molar-refractivity contribution is 7.92. The number of carbonyl (C=O) groups excluding carboxylic acids is 1. The quantitative estimate of drug-likeness (QED) is 0.523. The molecule has 1 amide bonds. The number of amides is 1. The highest BCUT2D eigenvalue weighted by atomic mass is 32.2. The largest absolute Gasteiger partial charge is 0.495 e. The number of benzene rings is 3. The molecular weight excluding hydrogens is 428 g/mol. The van der Waals surface area contributed by atoms with Crippen LogP contribution < -0.4 is 19.1 Å². The fourth-order valence-corrected chi connectivity index (χ4v) is 4.57. The molecule has 0 atom stereocenters. The lowest BCUT2D eigenvalue weighted by Crippen LogP contribution is -2.38. The van der Waals surface area contributed by atoms with Crippen LogP contribution in [0.3, 0.4) is 0 Å². The molecule has 7 nitrogen and oxygen atoms in total. The van der Waals surface area contributed by atoms with Crippen molar-refractivity contribution in [2.75, 3.05) is 29.9 Å². The summed E-state index contributed by atoms with van der Waals surface area (Å²) in [5.41, 5.74) is 1.71. The van der Waals surface area contributed by atoms with Crippen molar-refractivity contribution in [3.05, 3.63) is 78.4 Å². The standard InChI is InChI=1S/C24H26N2O5S/c1-4-31-20-9-7-8-19(16-20)25-24(27)17-26(22-10-5-6-11-23(22)30-3)32(28,29)21-14-12-18(2)13-15-21/h5-16H,4,17H2,1-3H3,(H,25,27). The molecule has 3 aromatic rings. The second kappa shape index (κ2) is 10.2. The molecule has 0 aliphatic heterocycles. The number of aryl methyl sites for hydroxylation is 1. The van der Waals surface area contributed by atoms with Gasteiger partial charge in [0.2, 0.25) is 5.91 Å². The summed E-state index contributed by atoms with van der Waals surface area (Å²) in [5, 5.41) is 2.75. The molecule has 0 aliphatic rings. The van der Waals surface area contributed by atoms with Gasteiger partial charge in [-0.2, -0.15) is 0 Å². The average Bonchev–Trinajstić information content (AvgIpc) is 2.78. The number of hydrogen-bond acceptors (Lipinski definition) is 5. The third kappa shape index (κ3) is 5.39. The number of anilines is 2. The molecule has 32 heavy (non-hydrogen) atoms. The molecule has 8 heteroatoms. The van der Waals surface area contributed by atoms with Gasteiger partial charge in [0, 0.05) is 11.8 Å². The second-order valence-corrected chi connectivity index (χ2v) is 8.87. The minimum atomic E-state index is -4.04. The Morgan fingerprint density at radius 3 is 2.41 bits per heavy atom. The van der Waals surface area contributed by atoms with E-state index < -0.39 is 22.5 Å². The van der Waals surface area contributed by atoms with Crippen LogP contribution >= 0.6 is 0 Å². The van der Waals surface area contributed by atoms with E-state index in [1.165, 1.54) is 19.2 Å². The Bertz CT molecular complexity index is 1180. The fourth-order valence-electron chi connectivity index (χ4n) is 3.13. The summed E-state index contributed by atoms with van der Waals surface area (Å²) in [7, 11) is -2.59. The number of hydrogen-bond donors (Lipinski definition) is 1. The van der Waals surface area contributed by atoms with Gasteiger partial charge in [0.05, 0.1) is 24.3 Å². The average molecular weight is 455 g/mol. The van der Waals surface area contributed by atoms with E-state index in [0.717, 1.165) is 9.87 Å². The van der Waals surface area contributed by atoms with Gasteiger partial charge in [0.25, 0.3) is 10.0 Å². The van der Waals surface area contributed by atoms with Crippen LogP contribution in [-0.2, 0) is 14.8 Å². The van der Waals surface area contributed by atoms with E-state index in [1.54, 1.807) is 60.7 Å². The molecule has 0 aliphatic carbocycles. The first-order valence-corrected chi connectivity index (χ1v) is 11.5. The van der Waals surface area contributed by atoms with Crippen molar-refractivity contribution in [2.45, 2.75) is 18.7 Å². The predicted octanol–water partition coefficient (Wildman–Crippen LogP) is 4.24. The Morgan fingerprint density at radius 2 is 1.72 bits per heavy atom. The van der Waals surface area contributed by atoms with Crippen LogP contribution in [0, 0.1) is 6.92 Å². The zero-order chi connectivity index (χ0) is 23.1. The molecule has 0 spiro atoms. The third-order valence-corrected chi connectivity index (χ3v) is 6.45. The minimum Gasteiger partial charge on any atom is -0.495 e. The molecule has 0 fully saturated rings. The van der Waals surface area contributed by atoms with Crippen molar-refractivity contribution in [2.24, 2.45) is 0 Å². The number of sulfonamides is 1. The maximum absolute atomic E-state index is 13.5. The zero-order valence-corrected chi connectivity index (χ0v) is 19.1. The number of nitrogens with zero attached hydrogens (tertiary/aromatic N) is 1. The summed E-state index contributed by atoms with van der Waals surface area (Å²) >= 11 is 0. The molecule has 0 radical (unpaired) electrons. The van der Waals surface area contributed by atoms with Crippen molar-refractivity contribution in [3.8, 4) is 11.5 Å². The van der Waals surface area contributed by atoms with Gasteiger partial charge in [-0.3, -0.25) is 9.10 Å². The van der Waals surface area contributed by atoms with Crippen LogP contribution in [0.1, 0.15) is 12.5 Å². The number of rotatable bonds is 9. The molecule has 0 bridgehead atoms. The van der Waals surface area contributed by atoms with Gasteiger partial charge < -0.3 is 14.8 Å². The number of carbonyl (C=O) groups is 1. The monoisotopic (exact) mass is 454 g/mol. The van der Waals surface area contributed by atoms with Crippen molar-refractivity contribution < 1.29 is 22.7 Å². The van der Waals surface area contributed by atoms with Crippen molar-refractivity contribution in [1.29, 1.82) is 0 Å². The number of ether oxygens (including phenoxy) is 2. The summed E-state index contributed by atoms with van der Waals surface area (Å²) in [6, 6.07) is 20.1. The van der Waals surface area contributed by atoms with E-state index in [4.69, 9.17) is 9.47 Å². The molecular formula is C24H26N2O5S. The first-order valence-electron chi connectivity index (χ1n) is 10.1. The summed E-state index contributed by atoms with van der Waals surface area (Å²) in [6.45, 7) is 3.80. The van der Waals surface area contributed by atoms with Gasteiger partial charge in [-0.1, -0.05) is 35.9 Å². The summed E-state index contributed by atoms with van der Waals surface area (Å²) in [5.74, 6) is 0.453. The van der Waals surface area contributed by atoms with Crippen molar-refractivity contribution >= 4 is 27.3 Å². The van der Waals surface area contributed by atoms with Crippen LogP contribution in [0.15, 0.2) is 77.7 Å². The Kier molecular flexibility index (Phi) is 7.37. The maximum Gasteiger partial charge on any atom is 0.264 e.